The van der Waals surface area contributed by atoms with E-state index < -0.39 is 11.7 Å². The van der Waals surface area contributed by atoms with Gasteiger partial charge in [-0.15, -0.1) is 0 Å². The van der Waals surface area contributed by atoms with Crippen molar-refractivity contribution < 1.29 is 13.2 Å². The number of pyridine rings is 1. The Morgan fingerprint density at radius 3 is 0.567 bits per heavy atom. The van der Waals surface area contributed by atoms with Crippen LogP contribution >= 0.6 is 0 Å². The van der Waals surface area contributed by atoms with Crippen molar-refractivity contribution in [2.75, 3.05) is 0 Å². The van der Waals surface area contributed by atoms with E-state index in [1.807, 2.05) is 364 Å². The molecule has 15 nitrogen and oxygen atoms in total. The molecule has 7 aromatic heterocycles. The number of fused-ring (bicyclic) bond motifs is 6. The molecule has 21 rings (SSSR count). The van der Waals surface area contributed by atoms with E-state index >= 15 is 13.2 Å². The first kappa shape index (κ1) is 71.4. The monoisotopic (exact) mass is 1550 g/mol. The number of benzene rings is 14. The molecule has 18 heteroatoms. The largest absolute Gasteiger partial charge is 0.420 e. The molecule has 0 spiro atoms. The predicted octanol–water partition coefficient (Wildman–Crippen LogP) is 24.4. The summed E-state index contributed by atoms with van der Waals surface area (Å²) in [7, 11) is 0. The molecule has 566 valence electrons. The first-order chi connectivity index (χ1) is 59.1. The lowest BCUT2D eigenvalue weighted by Gasteiger charge is -2.23. The average molecular weight is 1550 g/mol. The quantitative estimate of drug-likeness (QED) is 0.0893. The molecule has 0 saturated carbocycles. The van der Waals surface area contributed by atoms with E-state index in [9.17, 15) is 0 Å². The van der Waals surface area contributed by atoms with Crippen LogP contribution in [-0.2, 0) is 6.18 Å². The minimum Gasteiger partial charge on any atom is -0.309 e. The average Bonchev–Trinajstić information content (AvgIpc) is 1.54. The fourth-order valence-corrected chi connectivity index (χ4v) is 15.6. The van der Waals surface area contributed by atoms with Crippen LogP contribution in [0.2, 0.25) is 0 Å². The van der Waals surface area contributed by atoms with Gasteiger partial charge in [0.1, 0.15) is 5.56 Å². The summed E-state index contributed by atoms with van der Waals surface area (Å²) in [6.07, 6.45) is -5.10. The van der Waals surface area contributed by atoms with Gasteiger partial charge in [0, 0.05) is 99.4 Å². The van der Waals surface area contributed by atoms with Crippen LogP contribution in [0.4, 0.5) is 13.2 Å². The number of aromatic nitrogens is 15. The molecule has 0 atom stereocenters. The molecule has 0 radical (unpaired) electrons. The molecule has 120 heavy (non-hydrogen) atoms. The summed E-state index contributed by atoms with van der Waals surface area (Å²) < 4.78 is 58.5. The van der Waals surface area contributed by atoms with Crippen molar-refractivity contribution >= 4 is 43.6 Å². The van der Waals surface area contributed by atoms with Crippen LogP contribution in [0.5, 0.6) is 0 Å². The zero-order chi connectivity index (χ0) is 80.2. The molecule has 14 aromatic carbocycles. The molecular formula is C102H62F3N15. The molecule has 0 N–H and O–H groups in total. The highest BCUT2D eigenvalue weighted by molar-refractivity contribution is 6.14. The molecule has 0 aliphatic heterocycles. The highest BCUT2D eigenvalue weighted by atomic mass is 19.4. The van der Waals surface area contributed by atoms with Gasteiger partial charge < -0.3 is 9.13 Å². The van der Waals surface area contributed by atoms with E-state index in [1.54, 1.807) is 21.3 Å². The van der Waals surface area contributed by atoms with Gasteiger partial charge in [0.05, 0.1) is 44.8 Å². The summed E-state index contributed by atoms with van der Waals surface area (Å²) in [5, 5.41) is 2.29. The van der Waals surface area contributed by atoms with Gasteiger partial charge in [-0.2, -0.15) is 13.2 Å². The van der Waals surface area contributed by atoms with Crippen molar-refractivity contribution in [3.8, 4) is 171 Å². The molecule has 7 heterocycles. The second-order valence-corrected chi connectivity index (χ2v) is 28.9. The third kappa shape index (κ3) is 13.6. The maximum Gasteiger partial charge on any atom is 0.420 e. The third-order valence-electron chi connectivity index (χ3n) is 21.3. The topological polar surface area (TPSA) is 177 Å². The van der Waals surface area contributed by atoms with Gasteiger partial charge in [-0.25, -0.2) is 64.8 Å². The van der Waals surface area contributed by atoms with E-state index in [0.29, 0.717) is 153 Å². The zero-order valence-corrected chi connectivity index (χ0v) is 63.6. The fourth-order valence-electron chi connectivity index (χ4n) is 15.6. The summed E-state index contributed by atoms with van der Waals surface area (Å²) in [5.74, 6) is 4.84. The molecule has 21 aromatic rings. The highest BCUT2D eigenvalue weighted by Gasteiger charge is 2.40. The van der Waals surface area contributed by atoms with Crippen molar-refractivity contribution in [2.24, 2.45) is 0 Å². The van der Waals surface area contributed by atoms with Gasteiger partial charge in [0.2, 0.25) is 0 Å². The Morgan fingerprint density at radius 2 is 0.358 bits per heavy atom. The molecule has 0 amide bonds. The van der Waals surface area contributed by atoms with Gasteiger partial charge in [-0.1, -0.05) is 279 Å². The Hall–Kier alpha value is -16.3. The lowest BCUT2D eigenvalue weighted by Crippen LogP contribution is -2.16. The summed E-state index contributed by atoms with van der Waals surface area (Å²) in [6.45, 7) is 0. The van der Waals surface area contributed by atoms with Crippen molar-refractivity contribution in [2.45, 2.75) is 6.18 Å². The van der Waals surface area contributed by atoms with Crippen LogP contribution in [0, 0.1) is 0 Å². The van der Waals surface area contributed by atoms with E-state index in [2.05, 4.69) is 0 Å². The van der Waals surface area contributed by atoms with Crippen LogP contribution in [0.15, 0.2) is 376 Å². The number of nitrogens with zero attached hydrogens (tertiary/aromatic N) is 15. The molecule has 0 aliphatic rings. The number of hydrogen-bond acceptors (Lipinski definition) is 13. The van der Waals surface area contributed by atoms with Gasteiger partial charge in [0.25, 0.3) is 0 Å². The smallest absolute Gasteiger partial charge is 0.309 e. The molecule has 0 fully saturated rings. The summed E-state index contributed by atoms with van der Waals surface area (Å²) in [4.78, 5) is 66.9. The van der Waals surface area contributed by atoms with Crippen LogP contribution in [0.3, 0.4) is 0 Å². The molecule has 0 saturated heterocycles. The molecule has 0 unspecified atom stereocenters. The van der Waals surface area contributed by atoms with Crippen molar-refractivity contribution in [3.05, 3.63) is 382 Å². The van der Waals surface area contributed by atoms with Crippen LogP contribution in [0.25, 0.3) is 214 Å². The predicted molar refractivity (Wildman–Crippen MR) is 468 cm³/mol. The first-order valence-corrected chi connectivity index (χ1v) is 39.0. The van der Waals surface area contributed by atoms with Crippen LogP contribution in [-0.4, -0.2) is 73.9 Å². The number of rotatable bonds is 16. The number of alkyl halides is 3. The summed E-state index contributed by atoms with van der Waals surface area (Å²) in [6, 6.07) is 119. The summed E-state index contributed by atoms with van der Waals surface area (Å²) in [5.41, 5.74) is 11.0. The van der Waals surface area contributed by atoms with Crippen molar-refractivity contribution in [1.29, 1.82) is 0 Å². The van der Waals surface area contributed by atoms with E-state index in [-0.39, 0.29) is 11.4 Å². The fraction of sp³-hybridized carbons (Fsp3) is 0.00980. The normalized spacial score (nSPS) is 11.6. The molecule has 0 bridgehead atoms. The minimum atomic E-state index is -5.10. The Labute approximate surface area is 685 Å². The van der Waals surface area contributed by atoms with Crippen molar-refractivity contribution in [3.63, 3.8) is 0 Å². The zero-order valence-electron chi connectivity index (χ0n) is 63.6. The molecular weight excluding hydrogens is 1490 g/mol. The Bertz CT molecular complexity index is 6480. The lowest BCUT2D eigenvalue weighted by molar-refractivity contribution is -0.137. The highest BCUT2D eigenvalue weighted by Crippen LogP contribution is 2.49. The number of hydrogen-bond donors (Lipinski definition) is 0. The van der Waals surface area contributed by atoms with Crippen LogP contribution in [0.1, 0.15) is 5.56 Å². The SMILES string of the molecule is FC(F)(F)c1c(-n2c3ccc(-c4nc(-c5ccccc5)nc(-c5ccccc5)n4)cc3c3cc(-c4nc(-c5ccccc5)nc(-c5ccccc5)n4)ccc32)cc(-c2cccc(-c3ccccc3)n2)cc1-n1c2ccc(-c3nc(-c4ccccc4)nc(-c4ccccc4)n3)cc2c2cc(-c3nc(-c4ccccc4)nc(-c4ccccc4)n3)ccc21. The standard InChI is InChI=1S/C102H62F3N15/c103-102(104,105)89-87(119-83-53-49-72(98-111-90(64-31-12-2-13-32-64)107-91(112-98)65-33-14-3-15-34-65)57-77(83)78-58-73(50-54-84(78)119)99-113-92(66-35-16-4-17-36-66)108-93(114-99)67-37-18-5-19-38-67)61-76(82-48-28-47-81(106-82)63-29-10-1-11-30-63)62-88(89)120-85-55-51-74(100-115-94(68-39-20-6-21-40-68)109-95(116-100)69-41-22-7-23-42-69)59-79(85)80-60-75(52-56-86(80)120)101-117-96(70-43-24-8-25-44-70)110-97(118-101)71-45-26-9-27-46-71/h1-62H. The third-order valence-corrected chi connectivity index (χ3v) is 21.3. The van der Waals surface area contributed by atoms with E-state index in [1.165, 1.54) is 0 Å². The van der Waals surface area contributed by atoms with Gasteiger partial charge >= 0.3 is 6.18 Å². The van der Waals surface area contributed by atoms with E-state index in [0.717, 1.165) is 50.1 Å². The minimum absolute atomic E-state index is 0.194. The second-order valence-electron chi connectivity index (χ2n) is 28.9. The van der Waals surface area contributed by atoms with E-state index in [4.69, 9.17) is 64.8 Å². The van der Waals surface area contributed by atoms with Gasteiger partial charge in [0.15, 0.2) is 69.9 Å². The summed E-state index contributed by atoms with van der Waals surface area (Å²) >= 11 is 0. The van der Waals surface area contributed by atoms with Gasteiger partial charge in [-0.05, 0) is 97.1 Å². The Morgan fingerprint density at radius 1 is 0.167 bits per heavy atom. The van der Waals surface area contributed by atoms with Gasteiger partial charge in [-0.3, -0.25) is 0 Å². The molecule has 0 aliphatic carbocycles. The Balaban J connectivity index is 0.854. The van der Waals surface area contributed by atoms with Crippen LogP contribution < -0.4 is 0 Å². The maximum absolute atomic E-state index is 18.3. The number of halogens is 3. The lowest BCUT2D eigenvalue weighted by atomic mass is 10.0. The second kappa shape index (κ2) is 30.1. The maximum atomic E-state index is 18.3. The Kier molecular flexibility index (Phi) is 17.9. The first-order valence-electron chi connectivity index (χ1n) is 39.0. The van der Waals surface area contributed by atoms with Crippen molar-refractivity contribution in [1.82, 2.24) is 73.9 Å².